The van der Waals surface area contributed by atoms with Crippen molar-refractivity contribution < 1.29 is 17.1 Å². The summed E-state index contributed by atoms with van der Waals surface area (Å²) in [6.45, 7) is 3.90. The van der Waals surface area contributed by atoms with E-state index < -0.39 is 0 Å². The van der Waals surface area contributed by atoms with E-state index in [9.17, 15) is 0 Å². The van der Waals surface area contributed by atoms with Gasteiger partial charge in [0.05, 0.1) is 12.3 Å². The minimum atomic E-state index is -0.116. The number of hydrogen-bond donors (Lipinski definition) is 4. The molecule has 11 heavy (non-hydrogen) atoms. The second kappa shape index (κ2) is 13.0. The Morgan fingerprint density at radius 3 is 0.909 bits per heavy atom. The van der Waals surface area contributed by atoms with E-state index in [4.69, 9.17) is 22.9 Å². The normalized spacial score (nSPS) is 8.73. The van der Waals surface area contributed by atoms with Crippen molar-refractivity contribution in [2.24, 2.45) is 22.9 Å². The first-order valence-electron chi connectivity index (χ1n) is 3.56. The molecule has 0 saturated heterocycles. The average Bonchev–Trinajstić information content (AvgIpc) is 1.89. The second-order valence-electron chi connectivity index (χ2n) is 2.14. The molecular formula is C6H20CuN4. The molecule has 0 aliphatic rings. The molecule has 0 saturated carbocycles. The summed E-state index contributed by atoms with van der Waals surface area (Å²) in [4.78, 5) is 0. The van der Waals surface area contributed by atoms with Gasteiger partial charge in [-0.2, -0.15) is 0 Å². The molecule has 0 aliphatic heterocycles. The van der Waals surface area contributed by atoms with Gasteiger partial charge in [-0.25, -0.2) is 0 Å². The van der Waals surface area contributed by atoms with Gasteiger partial charge in [0.15, 0.2) is 0 Å². The minimum Gasteiger partial charge on any atom is -0.316 e. The van der Waals surface area contributed by atoms with E-state index in [0.717, 1.165) is 12.8 Å². The summed E-state index contributed by atoms with van der Waals surface area (Å²) < 4.78 is 0. The Morgan fingerprint density at radius 2 is 0.909 bits per heavy atom. The van der Waals surface area contributed by atoms with Gasteiger partial charge in [-0.1, -0.05) is 13.8 Å². The molecule has 0 aromatic carbocycles. The zero-order chi connectivity index (χ0) is 8.57. The molecule has 0 aromatic rings. The molecule has 0 heterocycles. The summed E-state index contributed by atoms with van der Waals surface area (Å²) in [6, 6.07) is 0. The van der Waals surface area contributed by atoms with Gasteiger partial charge in [0.2, 0.25) is 0 Å². The maximum absolute atomic E-state index is 5.07. The topological polar surface area (TPSA) is 104 Å². The maximum atomic E-state index is 5.07. The Hall–Kier alpha value is 0.359. The van der Waals surface area contributed by atoms with E-state index in [-0.39, 0.29) is 29.4 Å². The summed E-state index contributed by atoms with van der Waals surface area (Å²) in [7, 11) is 0. The van der Waals surface area contributed by atoms with Crippen molar-refractivity contribution >= 4 is 0 Å². The number of hydrogen-bond acceptors (Lipinski definition) is 4. The monoisotopic (exact) mass is 211 g/mol. The van der Waals surface area contributed by atoms with E-state index in [1.54, 1.807) is 0 Å². The van der Waals surface area contributed by atoms with Crippen molar-refractivity contribution in [2.75, 3.05) is 0 Å². The van der Waals surface area contributed by atoms with Gasteiger partial charge in [0, 0.05) is 17.1 Å². The first-order chi connectivity index (χ1) is 4.54. The van der Waals surface area contributed by atoms with Crippen molar-refractivity contribution in [3.8, 4) is 0 Å². The first-order valence-corrected chi connectivity index (χ1v) is 3.56. The molecule has 0 atom stereocenters. The SMILES string of the molecule is CCC(N)N.CCC(N)N.[Cu]. The van der Waals surface area contributed by atoms with Crippen LogP contribution in [-0.4, -0.2) is 12.3 Å². The molecule has 5 heteroatoms. The van der Waals surface area contributed by atoms with E-state index >= 15 is 0 Å². The average molecular weight is 212 g/mol. The zero-order valence-electron chi connectivity index (χ0n) is 7.18. The van der Waals surface area contributed by atoms with Crippen LogP contribution in [0.3, 0.4) is 0 Å². The molecular weight excluding hydrogens is 192 g/mol. The molecule has 75 valence electrons. The minimum absolute atomic E-state index is 0. The Bertz CT molecular complexity index is 50.5. The summed E-state index contributed by atoms with van der Waals surface area (Å²) in [6.07, 6.45) is 1.49. The standard InChI is InChI=1S/2C3H10N2.Cu/c2*1-2-3(4)5;/h2*3H,2,4-5H2,1H3;. The summed E-state index contributed by atoms with van der Waals surface area (Å²) >= 11 is 0. The third kappa shape index (κ3) is 38.1. The summed E-state index contributed by atoms with van der Waals surface area (Å²) in [5.41, 5.74) is 20.3. The van der Waals surface area contributed by atoms with Crippen LogP contribution in [0.1, 0.15) is 26.7 Å². The van der Waals surface area contributed by atoms with Gasteiger partial charge < -0.3 is 22.9 Å². The van der Waals surface area contributed by atoms with Crippen LogP contribution in [0.2, 0.25) is 0 Å². The Kier molecular flexibility index (Phi) is 20.6. The van der Waals surface area contributed by atoms with Gasteiger partial charge in [0.25, 0.3) is 0 Å². The molecule has 0 aliphatic carbocycles. The fourth-order valence-electron chi connectivity index (χ4n) is 0. The Morgan fingerprint density at radius 1 is 0.818 bits per heavy atom. The number of rotatable bonds is 2. The van der Waals surface area contributed by atoms with Crippen LogP contribution in [-0.2, 0) is 17.1 Å². The van der Waals surface area contributed by atoms with Crippen molar-refractivity contribution in [3.63, 3.8) is 0 Å². The third-order valence-corrected chi connectivity index (χ3v) is 0.943. The molecule has 0 aromatic heterocycles. The van der Waals surface area contributed by atoms with Gasteiger partial charge in [-0.15, -0.1) is 0 Å². The van der Waals surface area contributed by atoms with Crippen molar-refractivity contribution in [1.29, 1.82) is 0 Å². The molecule has 4 nitrogen and oxygen atoms in total. The fraction of sp³-hybridized carbons (Fsp3) is 1.00. The third-order valence-electron chi connectivity index (χ3n) is 0.943. The maximum Gasteiger partial charge on any atom is 0.0518 e. The first kappa shape index (κ1) is 17.4. The van der Waals surface area contributed by atoms with Gasteiger partial charge >= 0.3 is 0 Å². The van der Waals surface area contributed by atoms with Crippen molar-refractivity contribution in [3.05, 3.63) is 0 Å². The molecule has 0 amide bonds. The largest absolute Gasteiger partial charge is 0.316 e. The van der Waals surface area contributed by atoms with E-state index in [1.165, 1.54) is 0 Å². The van der Waals surface area contributed by atoms with Gasteiger partial charge in [-0.3, -0.25) is 0 Å². The smallest absolute Gasteiger partial charge is 0.0518 e. The van der Waals surface area contributed by atoms with Crippen LogP contribution in [0.15, 0.2) is 0 Å². The van der Waals surface area contributed by atoms with E-state index in [1.807, 2.05) is 13.8 Å². The van der Waals surface area contributed by atoms with E-state index in [2.05, 4.69) is 0 Å². The molecule has 0 unspecified atom stereocenters. The molecule has 1 radical (unpaired) electrons. The second-order valence-corrected chi connectivity index (χ2v) is 2.14. The fourth-order valence-corrected chi connectivity index (χ4v) is 0. The molecule has 0 rings (SSSR count). The Balaban J connectivity index is -0.000000107. The van der Waals surface area contributed by atoms with Crippen LogP contribution in [0, 0.1) is 0 Å². The predicted octanol–water partition coefficient (Wildman–Crippen LogP) is -0.723. The van der Waals surface area contributed by atoms with Crippen molar-refractivity contribution in [2.45, 2.75) is 39.0 Å². The van der Waals surface area contributed by atoms with Crippen LogP contribution < -0.4 is 22.9 Å². The van der Waals surface area contributed by atoms with Crippen LogP contribution in [0.5, 0.6) is 0 Å². The quantitative estimate of drug-likeness (QED) is 0.358. The Labute approximate surface area is 79.5 Å². The van der Waals surface area contributed by atoms with Gasteiger partial charge in [0.1, 0.15) is 0 Å². The van der Waals surface area contributed by atoms with Crippen molar-refractivity contribution in [1.82, 2.24) is 0 Å². The molecule has 8 N–H and O–H groups in total. The van der Waals surface area contributed by atoms with Crippen LogP contribution in [0.25, 0.3) is 0 Å². The predicted molar refractivity (Wildman–Crippen MR) is 44.9 cm³/mol. The zero-order valence-corrected chi connectivity index (χ0v) is 8.12. The van der Waals surface area contributed by atoms with Crippen LogP contribution >= 0.6 is 0 Å². The molecule has 0 fully saturated rings. The van der Waals surface area contributed by atoms with Crippen LogP contribution in [0.4, 0.5) is 0 Å². The molecule has 0 spiro atoms. The summed E-state index contributed by atoms with van der Waals surface area (Å²) in [5.74, 6) is 0. The summed E-state index contributed by atoms with van der Waals surface area (Å²) in [5, 5.41) is 0. The van der Waals surface area contributed by atoms with Gasteiger partial charge in [-0.05, 0) is 12.8 Å². The molecule has 0 bridgehead atoms. The number of nitrogens with two attached hydrogens (primary N) is 4. The van der Waals surface area contributed by atoms with E-state index in [0.29, 0.717) is 0 Å².